The van der Waals surface area contributed by atoms with E-state index in [1.165, 1.54) is 20.3 Å². The van der Waals surface area contributed by atoms with Gasteiger partial charge in [-0.3, -0.25) is 4.79 Å². The number of benzene rings is 3. The van der Waals surface area contributed by atoms with E-state index in [9.17, 15) is 4.79 Å². The number of rotatable bonds is 11. The summed E-state index contributed by atoms with van der Waals surface area (Å²) in [5, 5.41) is 16.4. The van der Waals surface area contributed by atoms with Crippen LogP contribution in [0.1, 0.15) is 5.56 Å². The number of nitriles is 1. The van der Waals surface area contributed by atoms with E-state index < -0.39 is 0 Å². The lowest BCUT2D eigenvalue weighted by molar-refractivity contribution is -0.113. The Labute approximate surface area is 254 Å². The molecule has 0 fully saturated rings. The Balaban J connectivity index is 1.65. The SMILES string of the molecule is COc1cc2nc(SCC(=O)Nc3cccc(SON)c3)nc(Nc3c(Cl)cc(/C=C/C#N)cc3Cl)c2cc1OC. The first kappa shape index (κ1) is 30.3. The van der Waals surface area contributed by atoms with Crippen LogP contribution in [0.2, 0.25) is 10.0 Å². The Hall–Kier alpha value is -3.70. The second-order valence-corrected chi connectivity index (χ2v) is 10.7. The lowest BCUT2D eigenvalue weighted by Crippen LogP contribution is -2.14. The highest BCUT2D eigenvalue weighted by Crippen LogP contribution is 2.39. The minimum Gasteiger partial charge on any atom is -0.493 e. The van der Waals surface area contributed by atoms with E-state index in [0.717, 1.165) is 28.7 Å². The Morgan fingerprint density at radius 3 is 2.51 bits per heavy atom. The molecule has 1 heterocycles. The minimum absolute atomic E-state index is 0.0322. The highest BCUT2D eigenvalue weighted by Gasteiger charge is 2.17. The van der Waals surface area contributed by atoms with E-state index in [1.807, 2.05) is 6.07 Å². The molecule has 1 aromatic heterocycles. The van der Waals surface area contributed by atoms with Crippen molar-refractivity contribution in [3.05, 3.63) is 70.2 Å². The van der Waals surface area contributed by atoms with Gasteiger partial charge in [0.2, 0.25) is 5.91 Å². The summed E-state index contributed by atoms with van der Waals surface area (Å²) in [5.74, 6) is 6.21. The number of ether oxygens (including phenoxy) is 2. The Morgan fingerprint density at radius 2 is 1.83 bits per heavy atom. The summed E-state index contributed by atoms with van der Waals surface area (Å²) in [4.78, 5) is 22.7. The maximum Gasteiger partial charge on any atom is 0.234 e. The average Bonchev–Trinajstić information content (AvgIpc) is 2.96. The van der Waals surface area contributed by atoms with Gasteiger partial charge >= 0.3 is 0 Å². The van der Waals surface area contributed by atoms with Gasteiger partial charge in [0.05, 0.1) is 59.3 Å². The molecule has 4 aromatic rings. The fourth-order valence-electron chi connectivity index (χ4n) is 3.66. The third kappa shape index (κ3) is 7.74. The Kier molecular flexibility index (Phi) is 10.5. The molecule has 210 valence electrons. The van der Waals surface area contributed by atoms with Crippen LogP contribution in [0, 0.1) is 11.3 Å². The van der Waals surface area contributed by atoms with Gasteiger partial charge < -0.3 is 20.1 Å². The van der Waals surface area contributed by atoms with Crippen LogP contribution in [0.25, 0.3) is 17.0 Å². The summed E-state index contributed by atoms with van der Waals surface area (Å²) in [6.45, 7) is 0. The van der Waals surface area contributed by atoms with Crippen LogP contribution in [0.4, 0.5) is 17.2 Å². The zero-order valence-electron chi connectivity index (χ0n) is 21.6. The quantitative estimate of drug-likeness (QED) is 0.0526. The second kappa shape index (κ2) is 14.3. The summed E-state index contributed by atoms with van der Waals surface area (Å²) in [6.07, 6.45) is 2.93. The average molecular weight is 630 g/mol. The van der Waals surface area contributed by atoms with Gasteiger partial charge in [0.25, 0.3) is 0 Å². The van der Waals surface area contributed by atoms with Crippen LogP contribution >= 0.6 is 47.0 Å². The van der Waals surface area contributed by atoms with Crippen molar-refractivity contribution in [3.63, 3.8) is 0 Å². The molecule has 0 radical (unpaired) electrons. The first-order valence-electron chi connectivity index (χ1n) is 11.7. The molecule has 4 N–H and O–H groups in total. The monoisotopic (exact) mass is 628 g/mol. The Bertz CT molecular complexity index is 1640. The maximum atomic E-state index is 12.7. The molecular weight excluding hydrogens is 607 g/mol. The molecule has 0 bridgehead atoms. The smallest absolute Gasteiger partial charge is 0.234 e. The van der Waals surface area contributed by atoms with Crippen LogP contribution in [0.5, 0.6) is 11.5 Å². The van der Waals surface area contributed by atoms with Gasteiger partial charge in [0.15, 0.2) is 16.7 Å². The lowest BCUT2D eigenvalue weighted by atomic mass is 10.1. The van der Waals surface area contributed by atoms with Gasteiger partial charge in [0.1, 0.15) is 5.82 Å². The number of halogens is 2. The summed E-state index contributed by atoms with van der Waals surface area (Å²) in [5.41, 5.74) is 2.20. The summed E-state index contributed by atoms with van der Waals surface area (Å²) in [7, 11) is 3.05. The fraction of sp³-hybridized carbons (Fsp3) is 0.111. The standard InChI is InChI=1S/C27H22Cl2N6O4S2/c1-37-22-12-18-21(13-23(22)38-2)33-27(40-14-24(36)32-16-6-3-7-17(11-16)41-39-31)35-26(18)34-25-19(28)9-15(5-4-8-30)10-20(25)29/h3-7,9-13H,14,31H2,1-2H3,(H,32,36)(H,33,34,35)/b5-4+. The first-order chi connectivity index (χ1) is 19.8. The number of carbonyl (C=O) groups excluding carboxylic acids is 1. The number of nitrogens with two attached hydrogens (primary N) is 1. The number of aromatic nitrogens is 2. The van der Waals surface area contributed by atoms with Crippen molar-refractivity contribution in [1.82, 2.24) is 9.97 Å². The zero-order chi connectivity index (χ0) is 29.4. The molecule has 0 aliphatic carbocycles. The van der Waals surface area contributed by atoms with Gasteiger partial charge in [-0.15, -0.1) is 0 Å². The predicted molar refractivity (Wildman–Crippen MR) is 164 cm³/mol. The third-order valence-corrected chi connectivity index (χ3v) is 7.42. The van der Waals surface area contributed by atoms with Crippen LogP contribution in [-0.2, 0) is 9.08 Å². The number of methoxy groups -OCH3 is 2. The van der Waals surface area contributed by atoms with Gasteiger partial charge in [-0.2, -0.15) is 5.26 Å². The fourth-order valence-corrected chi connectivity index (χ4v) is 5.33. The van der Waals surface area contributed by atoms with Gasteiger partial charge in [-0.25, -0.2) is 20.1 Å². The molecule has 0 saturated carbocycles. The second-order valence-electron chi connectivity index (χ2n) is 8.07. The summed E-state index contributed by atoms with van der Waals surface area (Å²) < 4.78 is 15.5. The number of nitrogens with zero attached hydrogens (tertiary/aromatic N) is 3. The highest BCUT2D eigenvalue weighted by atomic mass is 35.5. The zero-order valence-corrected chi connectivity index (χ0v) is 24.7. The van der Waals surface area contributed by atoms with Crippen LogP contribution in [-0.4, -0.2) is 35.8 Å². The topological polar surface area (TPSA) is 144 Å². The molecule has 1 amide bonds. The van der Waals surface area contributed by atoms with E-state index in [1.54, 1.807) is 54.6 Å². The normalized spacial score (nSPS) is 10.9. The Morgan fingerprint density at radius 1 is 1.10 bits per heavy atom. The van der Waals surface area contributed by atoms with Gasteiger partial charge in [-0.05, 0) is 48.0 Å². The molecule has 0 spiro atoms. The number of amides is 1. The van der Waals surface area contributed by atoms with Crippen LogP contribution in [0.15, 0.2) is 64.7 Å². The number of hydrogen-bond donors (Lipinski definition) is 3. The highest BCUT2D eigenvalue weighted by molar-refractivity contribution is 7.99. The molecule has 0 unspecified atom stereocenters. The number of nitrogens with one attached hydrogen (secondary N) is 2. The van der Waals surface area contributed by atoms with Crippen molar-refractivity contribution in [1.29, 1.82) is 5.26 Å². The molecule has 14 heteroatoms. The number of hydrogen-bond acceptors (Lipinski definition) is 11. The number of carbonyl (C=O) groups is 1. The number of anilines is 3. The number of allylic oxidation sites excluding steroid dienone is 1. The van der Waals surface area contributed by atoms with E-state index in [2.05, 4.69) is 24.9 Å². The van der Waals surface area contributed by atoms with E-state index >= 15 is 0 Å². The van der Waals surface area contributed by atoms with E-state index in [-0.39, 0.29) is 11.7 Å². The summed E-state index contributed by atoms with van der Waals surface area (Å²) >= 11 is 15.2. The first-order valence-corrected chi connectivity index (χ1v) is 14.2. The minimum atomic E-state index is -0.261. The van der Waals surface area contributed by atoms with Crippen molar-refractivity contribution < 1.29 is 18.6 Å². The molecule has 0 saturated heterocycles. The number of thioether (sulfide) groups is 1. The molecule has 0 aliphatic rings. The van der Waals surface area contributed by atoms with Gasteiger partial charge in [0, 0.05) is 28.1 Å². The molecule has 0 atom stereocenters. The van der Waals surface area contributed by atoms with Crippen molar-refractivity contribution in [2.45, 2.75) is 10.1 Å². The van der Waals surface area contributed by atoms with Crippen molar-refractivity contribution in [3.8, 4) is 17.6 Å². The molecule has 3 aromatic carbocycles. The third-order valence-electron chi connectivity index (χ3n) is 5.43. The van der Waals surface area contributed by atoms with E-state index in [4.69, 9.17) is 43.8 Å². The molecular formula is C27H22Cl2N6O4S2. The maximum absolute atomic E-state index is 12.7. The van der Waals surface area contributed by atoms with Crippen molar-refractivity contribution in [2.24, 2.45) is 5.90 Å². The van der Waals surface area contributed by atoms with E-state index in [0.29, 0.717) is 60.4 Å². The van der Waals surface area contributed by atoms with Crippen molar-refractivity contribution >= 4 is 87.1 Å². The molecule has 41 heavy (non-hydrogen) atoms. The van der Waals surface area contributed by atoms with Crippen molar-refractivity contribution in [2.75, 3.05) is 30.6 Å². The summed E-state index contributed by atoms with van der Waals surface area (Å²) in [6, 6.07) is 15.8. The van der Waals surface area contributed by atoms with Crippen LogP contribution in [0.3, 0.4) is 0 Å². The predicted octanol–water partition coefficient (Wildman–Crippen LogP) is 6.86. The molecule has 10 nitrogen and oxygen atoms in total. The van der Waals surface area contributed by atoms with Gasteiger partial charge in [-0.1, -0.05) is 41.0 Å². The van der Waals surface area contributed by atoms with Crippen LogP contribution < -0.4 is 26.0 Å². The lowest BCUT2D eigenvalue weighted by Gasteiger charge is -2.15. The molecule has 0 aliphatic heterocycles. The number of fused-ring (bicyclic) bond motifs is 1. The largest absolute Gasteiger partial charge is 0.493 e. The molecule has 4 rings (SSSR count).